The molecular formula is C15H20N2O4. The molecule has 3 N–H and O–H groups in total. The van der Waals surface area contributed by atoms with E-state index >= 15 is 0 Å². The Kier molecular flexibility index (Phi) is 6.39. The van der Waals surface area contributed by atoms with Crippen LogP contribution in [0.2, 0.25) is 0 Å². The second-order valence-electron chi connectivity index (χ2n) is 4.81. The quantitative estimate of drug-likeness (QED) is 0.708. The van der Waals surface area contributed by atoms with E-state index in [-0.39, 0.29) is 12.3 Å². The molecular weight excluding hydrogens is 272 g/mol. The van der Waals surface area contributed by atoms with Gasteiger partial charge in [-0.25, -0.2) is 0 Å². The van der Waals surface area contributed by atoms with Gasteiger partial charge in [0.2, 0.25) is 0 Å². The number of amides is 2. The Labute approximate surface area is 123 Å². The van der Waals surface area contributed by atoms with E-state index in [9.17, 15) is 14.4 Å². The number of aliphatic carboxylic acids is 1. The zero-order valence-corrected chi connectivity index (χ0v) is 12.2. The van der Waals surface area contributed by atoms with Crippen molar-refractivity contribution in [2.24, 2.45) is 0 Å². The minimum Gasteiger partial charge on any atom is -0.481 e. The lowest BCUT2D eigenvalue weighted by Gasteiger charge is -2.12. The molecule has 1 aromatic carbocycles. The van der Waals surface area contributed by atoms with E-state index in [1.165, 1.54) is 6.07 Å². The summed E-state index contributed by atoms with van der Waals surface area (Å²) in [5.41, 5.74) is 0.735. The lowest BCUT2D eigenvalue weighted by atomic mass is 10.1. The minimum absolute atomic E-state index is 0.150. The molecule has 0 bridgehead atoms. The molecule has 1 atom stereocenters. The van der Waals surface area contributed by atoms with Gasteiger partial charge in [-0.3, -0.25) is 14.4 Å². The van der Waals surface area contributed by atoms with Crippen molar-refractivity contribution >= 4 is 17.8 Å². The van der Waals surface area contributed by atoms with Gasteiger partial charge in [-0.15, -0.1) is 0 Å². The van der Waals surface area contributed by atoms with Crippen molar-refractivity contribution in [1.82, 2.24) is 10.6 Å². The summed E-state index contributed by atoms with van der Waals surface area (Å²) in [6.45, 7) is 4.14. The fourth-order valence-corrected chi connectivity index (χ4v) is 1.76. The van der Waals surface area contributed by atoms with Crippen molar-refractivity contribution < 1.29 is 19.5 Å². The van der Waals surface area contributed by atoms with E-state index in [1.54, 1.807) is 25.1 Å². The Morgan fingerprint density at radius 3 is 2.38 bits per heavy atom. The van der Waals surface area contributed by atoms with Crippen molar-refractivity contribution in [2.75, 3.05) is 6.54 Å². The number of carboxylic acids is 1. The SMILES string of the molecule is CCCNC(=O)c1cccc(C(=O)NC(C)CC(=O)O)c1. The van der Waals surface area contributed by atoms with Crippen LogP contribution in [-0.4, -0.2) is 35.5 Å². The number of carbonyl (C=O) groups is 3. The van der Waals surface area contributed by atoms with Crippen LogP contribution >= 0.6 is 0 Å². The zero-order valence-electron chi connectivity index (χ0n) is 12.2. The predicted molar refractivity (Wildman–Crippen MR) is 78.2 cm³/mol. The van der Waals surface area contributed by atoms with Gasteiger partial charge in [-0.1, -0.05) is 13.0 Å². The fourth-order valence-electron chi connectivity index (χ4n) is 1.76. The van der Waals surface area contributed by atoms with E-state index in [1.807, 2.05) is 6.92 Å². The maximum atomic E-state index is 12.0. The first kappa shape index (κ1) is 16.7. The van der Waals surface area contributed by atoms with Gasteiger partial charge >= 0.3 is 5.97 Å². The first-order valence-corrected chi connectivity index (χ1v) is 6.85. The molecule has 0 spiro atoms. The van der Waals surface area contributed by atoms with Gasteiger partial charge in [-0.05, 0) is 31.5 Å². The predicted octanol–water partition coefficient (Wildman–Crippen LogP) is 1.42. The Bertz CT molecular complexity index is 528. The van der Waals surface area contributed by atoms with Crippen LogP contribution in [0.1, 0.15) is 47.4 Å². The van der Waals surface area contributed by atoms with Crippen LogP contribution in [0.4, 0.5) is 0 Å². The largest absolute Gasteiger partial charge is 0.481 e. The molecule has 21 heavy (non-hydrogen) atoms. The molecule has 0 heterocycles. The van der Waals surface area contributed by atoms with E-state index in [0.717, 1.165) is 6.42 Å². The average Bonchev–Trinajstić information content (AvgIpc) is 2.43. The monoisotopic (exact) mass is 292 g/mol. The maximum absolute atomic E-state index is 12.0. The molecule has 6 nitrogen and oxygen atoms in total. The summed E-state index contributed by atoms with van der Waals surface area (Å²) in [7, 11) is 0. The Morgan fingerprint density at radius 2 is 1.81 bits per heavy atom. The van der Waals surface area contributed by atoms with E-state index < -0.39 is 17.9 Å². The standard InChI is InChI=1S/C15H20N2O4/c1-3-7-16-14(20)11-5-4-6-12(9-11)15(21)17-10(2)8-13(18)19/h4-6,9-10H,3,7-8H2,1-2H3,(H,16,20)(H,17,21)(H,18,19). The van der Waals surface area contributed by atoms with Gasteiger partial charge in [0.05, 0.1) is 6.42 Å². The summed E-state index contributed by atoms with van der Waals surface area (Å²) >= 11 is 0. The molecule has 0 aliphatic rings. The zero-order chi connectivity index (χ0) is 15.8. The smallest absolute Gasteiger partial charge is 0.305 e. The van der Waals surface area contributed by atoms with Gasteiger partial charge in [0.15, 0.2) is 0 Å². The molecule has 1 rings (SSSR count). The Hall–Kier alpha value is -2.37. The third kappa shape index (κ3) is 5.64. The highest BCUT2D eigenvalue weighted by Crippen LogP contribution is 2.06. The molecule has 114 valence electrons. The van der Waals surface area contributed by atoms with Gasteiger partial charge in [0, 0.05) is 23.7 Å². The van der Waals surface area contributed by atoms with Crippen LogP contribution in [0.15, 0.2) is 24.3 Å². The van der Waals surface area contributed by atoms with Gasteiger partial charge in [-0.2, -0.15) is 0 Å². The number of rotatable bonds is 7. The molecule has 0 saturated heterocycles. The summed E-state index contributed by atoms with van der Waals surface area (Å²) < 4.78 is 0. The molecule has 0 saturated carbocycles. The number of hydrogen-bond donors (Lipinski definition) is 3. The molecule has 6 heteroatoms. The normalized spacial score (nSPS) is 11.5. The highest BCUT2D eigenvalue weighted by molar-refractivity contribution is 5.99. The topological polar surface area (TPSA) is 95.5 Å². The number of nitrogens with one attached hydrogen (secondary N) is 2. The summed E-state index contributed by atoms with van der Waals surface area (Å²) in [6, 6.07) is 5.85. The molecule has 0 aliphatic carbocycles. The van der Waals surface area contributed by atoms with Crippen molar-refractivity contribution in [3.63, 3.8) is 0 Å². The summed E-state index contributed by atoms with van der Waals surface area (Å²) in [6.07, 6.45) is 0.682. The van der Waals surface area contributed by atoms with Crippen LogP contribution < -0.4 is 10.6 Å². The third-order valence-electron chi connectivity index (χ3n) is 2.78. The van der Waals surface area contributed by atoms with Crippen LogP contribution in [0.25, 0.3) is 0 Å². The second-order valence-corrected chi connectivity index (χ2v) is 4.81. The maximum Gasteiger partial charge on any atom is 0.305 e. The number of hydrogen-bond acceptors (Lipinski definition) is 3. The first-order chi connectivity index (χ1) is 9.93. The number of benzene rings is 1. The van der Waals surface area contributed by atoms with Gasteiger partial charge in [0.1, 0.15) is 0 Å². The van der Waals surface area contributed by atoms with Crippen molar-refractivity contribution in [1.29, 1.82) is 0 Å². The molecule has 2 amide bonds. The molecule has 1 unspecified atom stereocenters. The van der Waals surface area contributed by atoms with Crippen molar-refractivity contribution in [2.45, 2.75) is 32.7 Å². The van der Waals surface area contributed by atoms with E-state index in [4.69, 9.17) is 5.11 Å². The molecule has 1 aromatic rings. The molecule has 0 fully saturated rings. The molecule has 0 radical (unpaired) electrons. The fraction of sp³-hybridized carbons (Fsp3) is 0.400. The molecule has 0 aromatic heterocycles. The summed E-state index contributed by atoms with van der Waals surface area (Å²) in [4.78, 5) is 34.4. The summed E-state index contributed by atoms with van der Waals surface area (Å²) in [5, 5.41) is 14.0. The average molecular weight is 292 g/mol. The highest BCUT2D eigenvalue weighted by Gasteiger charge is 2.14. The van der Waals surface area contributed by atoms with Gasteiger partial charge < -0.3 is 15.7 Å². The summed E-state index contributed by atoms with van der Waals surface area (Å²) in [5.74, 6) is -1.60. The van der Waals surface area contributed by atoms with E-state index in [0.29, 0.717) is 17.7 Å². The second kappa shape index (κ2) is 8.04. The lowest BCUT2D eigenvalue weighted by molar-refractivity contribution is -0.137. The first-order valence-electron chi connectivity index (χ1n) is 6.85. The highest BCUT2D eigenvalue weighted by atomic mass is 16.4. The minimum atomic E-state index is -0.976. The molecule has 0 aliphatic heterocycles. The lowest BCUT2D eigenvalue weighted by Crippen LogP contribution is -2.34. The van der Waals surface area contributed by atoms with Gasteiger partial charge in [0.25, 0.3) is 11.8 Å². The number of carboxylic acid groups (broad SMARTS) is 1. The van der Waals surface area contributed by atoms with Crippen LogP contribution in [0, 0.1) is 0 Å². The van der Waals surface area contributed by atoms with Crippen molar-refractivity contribution in [3.8, 4) is 0 Å². The Balaban J connectivity index is 2.73. The van der Waals surface area contributed by atoms with E-state index in [2.05, 4.69) is 10.6 Å². The van der Waals surface area contributed by atoms with Crippen molar-refractivity contribution in [3.05, 3.63) is 35.4 Å². The number of carbonyl (C=O) groups excluding carboxylic acids is 2. The van der Waals surface area contributed by atoms with Crippen LogP contribution in [0.5, 0.6) is 0 Å². The van der Waals surface area contributed by atoms with Crippen LogP contribution in [0.3, 0.4) is 0 Å². The Morgan fingerprint density at radius 1 is 1.19 bits per heavy atom. The third-order valence-corrected chi connectivity index (χ3v) is 2.78. The van der Waals surface area contributed by atoms with Crippen LogP contribution in [-0.2, 0) is 4.79 Å².